The Bertz CT molecular complexity index is 3490. The SMILES string of the molecule is C=CC(=O)N1CCN(c2nc(O[C@@H]3CCC[C@H]3N3CCC(COCC(=O)N[C@H](C(=O)N4C[C@H](C)C[C@H]4C(=O)N[C@@H](C)c4ccc(-c5scnc5C)cc4)C(C)(C)C)CC3)nc3c(F)c(-c4cc(O)cc5ccccc45)c(Cl)cc23)C[C@@H]1CC#N. The van der Waals surface area contributed by atoms with Crippen molar-refractivity contribution in [2.75, 3.05) is 57.4 Å². The van der Waals surface area contributed by atoms with Crippen LogP contribution in [-0.4, -0.2) is 141 Å². The molecule has 1 saturated carbocycles. The van der Waals surface area contributed by atoms with Crippen LogP contribution in [0.4, 0.5) is 10.2 Å². The third kappa shape index (κ3) is 12.9. The number of fused-ring (bicyclic) bond motifs is 2. The number of phenols is 1. The van der Waals surface area contributed by atoms with Crippen LogP contribution in [0.2, 0.25) is 5.02 Å². The Balaban J connectivity index is 0.774. The molecular formula is C64H74ClFN10O7S. The number of halogens is 2. The van der Waals surface area contributed by atoms with Crippen molar-refractivity contribution in [3.8, 4) is 39.4 Å². The van der Waals surface area contributed by atoms with Gasteiger partial charge in [0.15, 0.2) is 5.82 Å². The van der Waals surface area contributed by atoms with Crippen molar-refractivity contribution >= 4 is 74.1 Å². The zero-order chi connectivity index (χ0) is 59.6. The molecule has 0 unspecified atom stereocenters. The first kappa shape index (κ1) is 59.9. The number of nitriles is 1. The molecule has 0 bridgehead atoms. The van der Waals surface area contributed by atoms with Crippen LogP contribution in [-0.2, 0) is 23.9 Å². The minimum absolute atomic E-state index is 0.00750. The number of aryl methyl sites for hydroxylation is 1. The third-order valence-electron chi connectivity index (χ3n) is 17.2. The molecule has 4 amide bonds. The van der Waals surface area contributed by atoms with E-state index in [1.54, 1.807) is 33.3 Å². The summed E-state index contributed by atoms with van der Waals surface area (Å²) in [5.74, 6) is -1.31. The highest BCUT2D eigenvalue weighted by molar-refractivity contribution is 7.13. The van der Waals surface area contributed by atoms with Gasteiger partial charge < -0.3 is 39.9 Å². The Labute approximate surface area is 499 Å². The van der Waals surface area contributed by atoms with Gasteiger partial charge in [-0.3, -0.25) is 24.1 Å². The third-order valence-corrected chi connectivity index (χ3v) is 18.5. The summed E-state index contributed by atoms with van der Waals surface area (Å²) in [7, 11) is 0. The molecule has 442 valence electrons. The fourth-order valence-corrected chi connectivity index (χ4v) is 13.9. The number of phenolic OH excluding ortho intramolecular Hbond substituents is 1. The number of nitrogens with one attached hydrogen (secondary N) is 2. The van der Waals surface area contributed by atoms with Crippen molar-refractivity contribution < 1.29 is 38.1 Å². The van der Waals surface area contributed by atoms with Crippen LogP contribution in [0.3, 0.4) is 0 Å². The molecule has 0 radical (unpaired) electrons. The number of nitrogens with zero attached hydrogens (tertiary/aromatic N) is 8. The Kier molecular flexibility index (Phi) is 18.2. The van der Waals surface area contributed by atoms with Crippen LogP contribution in [0.25, 0.3) is 43.2 Å². The van der Waals surface area contributed by atoms with Gasteiger partial charge in [0.25, 0.3) is 0 Å². The molecule has 20 heteroatoms. The number of anilines is 1. The number of aromatic nitrogens is 3. The largest absolute Gasteiger partial charge is 0.508 e. The molecule has 6 aromatic rings. The minimum Gasteiger partial charge on any atom is -0.508 e. The summed E-state index contributed by atoms with van der Waals surface area (Å²) in [6, 6.07) is 20.1. The van der Waals surface area contributed by atoms with Gasteiger partial charge in [0.05, 0.1) is 52.3 Å². The zero-order valence-corrected chi connectivity index (χ0v) is 50.1. The number of benzene rings is 4. The van der Waals surface area contributed by atoms with E-state index in [0.717, 1.165) is 66.9 Å². The molecule has 5 heterocycles. The Morgan fingerprint density at radius 1 is 0.976 bits per heavy atom. The minimum atomic E-state index is -0.891. The van der Waals surface area contributed by atoms with Gasteiger partial charge in [-0.1, -0.05) is 94.4 Å². The van der Waals surface area contributed by atoms with E-state index in [0.29, 0.717) is 53.7 Å². The quantitative estimate of drug-likeness (QED) is 0.0728. The summed E-state index contributed by atoms with van der Waals surface area (Å²) < 4.78 is 30.4. The van der Waals surface area contributed by atoms with Crippen molar-refractivity contribution in [1.82, 2.24) is 40.3 Å². The van der Waals surface area contributed by atoms with E-state index < -0.39 is 35.3 Å². The first-order chi connectivity index (χ1) is 40.3. The average molecular weight is 1180 g/mol. The van der Waals surface area contributed by atoms with Crippen LogP contribution < -0.4 is 20.3 Å². The molecular weight excluding hydrogens is 1110 g/mol. The van der Waals surface area contributed by atoms with Gasteiger partial charge in [-0.15, -0.1) is 11.3 Å². The van der Waals surface area contributed by atoms with Crippen molar-refractivity contribution in [2.24, 2.45) is 17.3 Å². The number of carbonyl (C=O) groups is 4. The highest BCUT2D eigenvalue weighted by Crippen LogP contribution is 2.44. The first-order valence-electron chi connectivity index (χ1n) is 29.2. The predicted molar refractivity (Wildman–Crippen MR) is 324 cm³/mol. The fourth-order valence-electron chi connectivity index (χ4n) is 12.8. The second-order valence-corrected chi connectivity index (χ2v) is 25.4. The summed E-state index contributed by atoms with van der Waals surface area (Å²) in [4.78, 5) is 77.8. The molecule has 4 aliphatic rings. The molecule has 3 N–H and O–H groups in total. The van der Waals surface area contributed by atoms with Crippen molar-refractivity contribution in [2.45, 2.75) is 123 Å². The van der Waals surface area contributed by atoms with E-state index in [-0.39, 0.29) is 102 Å². The van der Waals surface area contributed by atoms with Crippen LogP contribution in [0.1, 0.15) is 96.9 Å². The number of ether oxygens (including phenoxy) is 2. The molecule has 84 heavy (non-hydrogen) atoms. The molecule has 17 nitrogen and oxygen atoms in total. The van der Waals surface area contributed by atoms with E-state index in [1.165, 1.54) is 12.1 Å². The van der Waals surface area contributed by atoms with Crippen LogP contribution in [0.15, 0.2) is 84.9 Å². The van der Waals surface area contributed by atoms with Crippen molar-refractivity contribution in [1.29, 1.82) is 5.26 Å². The summed E-state index contributed by atoms with van der Waals surface area (Å²) in [5.41, 5.74) is 4.61. The van der Waals surface area contributed by atoms with E-state index in [1.807, 2.05) is 100 Å². The van der Waals surface area contributed by atoms with Gasteiger partial charge in [-0.25, -0.2) is 9.37 Å². The molecule has 4 aromatic carbocycles. The topological polar surface area (TPSA) is 206 Å². The summed E-state index contributed by atoms with van der Waals surface area (Å²) in [6.07, 6.45) is 5.63. The number of rotatable bonds is 17. The van der Waals surface area contributed by atoms with Crippen molar-refractivity contribution in [3.05, 3.63) is 107 Å². The van der Waals surface area contributed by atoms with Gasteiger partial charge in [-0.2, -0.15) is 15.2 Å². The van der Waals surface area contributed by atoms with E-state index in [2.05, 4.69) is 33.2 Å². The number of aromatic hydroxyl groups is 1. The average Bonchev–Trinajstić information content (AvgIpc) is 1.88. The molecule has 3 aliphatic heterocycles. The maximum atomic E-state index is 17.5. The molecule has 2 aromatic heterocycles. The highest BCUT2D eigenvalue weighted by Gasteiger charge is 2.45. The monoisotopic (exact) mass is 1180 g/mol. The van der Waals surface area contributed by atoms with Gasteiger partial charge in [-0.05, 0) is 134 Å². The number of carbonyl (C=O) groups excluding carboxylic acids is 4. The smallest absolute Gasteiger partial charge is 0.319 e. The Hall–Kier alpha value is -7.24. The zero-order valence-electron chi connectivity index (χ0n) is 48.6. The second kappa shape index (κ2) is 25.5. The fraction of sp³-hybridized carbons (Fsp3) is 0.469. The number of piperazine rings is 1. The number of likely N-dealkylation sites (tertiary alicyclic amines) is 2. The lowest BCUT2D eigenvalue weighted by Gasteiger charge is -2.41. The maximum absolute atomic E-state index is 17.5. The molecule has 10 rings (SSSR count). The molecule has 7 atom stereocenters. The van der Waals surface area contributed by atoms with Gasteiger partial charge in [0, 0.05) is 43.2 Å². The Morgan fingerprint density at radius 3 is 2.45 bits per heavy atom. The molecule has 0 spiro atoms. The number of hydrogen-bond donors (Lipinski definition) is 3. The number of piperidine rings is 1. The van der Waals surface area contributed by atoms with Crippen LogP contribution in [0, 0.1) is 41.3 Å². The summed E-state index contributed by atoms with van der Waals surface area (Å²) >= 11 is 8.62. The second-order valence-electron chi connectivity index (χ2n) is 24.2. The molecule has 4 fully saturated rings. The van der Waals surface area contributed by atoms with Crippen LogP contribution in [0.5, 0.6) is 11.8 Å². The molecule has 1 aliphatic carbocycles. The van der Waals surface area contributed by atoms with Gasteiger partial charge in [0.2, 0.25) is 23.6 Å². The number of hydrogen-bond acceptors (Lipinski definition) is 14. The predicted octanol–water partition coefficient (Wildman–Crippen LogP) is 10.2. The summed E-state index contributed by atoms with van der Waals surface area (Å²) in [5, 5.41) is 28.6. The lowest BCUT2D eigenvalue weighted by atomic mass is 9.85. The molecule has 3 saturated heterocycles. The van der Waals surface area contributed by atoms with E-state index in [4.69, 9.17) is 31.0 Å². The van der Waals surface area contributed by atoms with Gasteiger partial charge >= 0.3 is 6.01 Å². The standard InChI is InChI=1S/C64H74ClFN10O7S/c1-8-54(79)75-27-26-74(33-44(75)20-23-67)60-48-31-49(65)55(47-30-45(77)29-43-12-9-10-13-46(43)47)56(66)57(48)71-63(72-60)83-52-15-11-14-50(52)73-24-21-40(22-25-73)34-82-35-53(78)70-59(64(5,6)7)62(81)76-32-37(2)28-51(76)61(80)69-38(3)41-16-18-42(19-17-41)58-39(4)68-36-84-58/h8-10,12-13,16-19,29-31,36-38,40,44,50-52,59,77H,1,11,14-15,20-22,24-28,32-35H2,2-7H3,(H,69,80)(H,70,78)/t37-,38+,44+,50-,51+,52-,59-/m1/s1. The first-order valence-corrected chi connectivity index (χ1v) is 30.4. The van der Waals surface area contributed by atoms with E-state index in [9.17, 15) is 29.5 Å². The normalized spacial score (nSPS) is 21.3. The Morgan fingerprint density at radius 2 is 1.74 bits per heavy atom. The van der Waals surface area contributed by atoms with Crippen molar-refractivity contribution in [3.63, 3.8) is 0 Å². The van der Waals surface area contributed by atoms with Crippen LogP contribution >= 0.6 is 22.9 Å². The lowest BCUT2D eigenvalue weighted by molar-refractivity contribution is -0.144. The highest BCUT2D eigenvalue weighted by atomic mass is 35.5. The summed E-state index contributed by atoms with van der Waals surface area (Å²) in [6.45, 7) is 18.2. The lowest BCUT2D eigenvalue weighted by Crippen LogP contribution is -2.58. The number of amides is 4. The maximum Gasteiger partial charge on any atom is 0.319 e. The van der Waals surface area contributed by atoms with Gasteiger partial charge in [0.1, 0.15) is 41.9 Å². The van der Waals surface area contributed by atoms with E-state index >= 15 is 4.39 Å². The number of thiazole rings is 1.